The first kappa shape index (κ1) is 26.1. The average Bonchev–Trinajstić information content (AvgIpc) is 3.43. The van der Waals surface area contributed by atoms with Crippen LogP contribution in [0.2, 0.25) is 0 Å². The molecule has 1 aliphatic heterocycles. The first-order valence-electron chi connectivity index (χ1n) is 13.2. The van der Waals surface area contributed by atoms with E-state index in [9.17, 15) is 26.7 Å². The maximum Gasteiger partial charge on any atom is 0.416 e. The fourth-order valence-electron chi connectivity index (χ4n) is 6.77. The van der Waals surface area contributed by atoms with E-state index >= 15 is 0 Å². The second-order valence-electron chi connectivity index (χ2n) is 11.3. The lowest BCUT2D eigenvalue weighted by atomic mass is 9.78. The fraction of sp³-hybridized carbons (Fsp3) is 0.552. The van der Waals surface area contributed by atoms with Crippen molar-refractivity contribution in [3.63, 3.8) is 0 Å². The lowest BCUT2D eigenvalue weighted by Gasteiger charge is -2.37. The van der Waals surface area contributed by atoms with Crippen molar-refractivity contribution in [1.82, 2.24) is 10.2 Å². The Morgan fingerprint density at radius 1 is 1.03 bits per heavy atom. The van der Waals surface area contributed by atoms with E-state index in [2.05, 4.69) is 17.1 Å². The molecular formula is C29H33F5N2O. The third-order valence-electron chi connectivity index (χ3n) is 8.92. The van der Waals surface area contributed by atoms with Gasteiger partial charge >= 0.3 is 6.18 Å². The first-order valence-corrected chi connectivity index (χ1v) is 13.2. The highest BCUT2D eigenvalue weighted by molar-refractivity contribution is 5.84. The number of alkyl halides is 3. The van der Waals surface area contributed by atoms with Gasteiger partial charge in [0.15, 0.2) is 0 Å². The molecule has 2 saturated carbocycles. The number of amides is 1. The number of likely N-dealkylation sites (tertiary alicyclic amines) is 1. The van der Waals surface area contributed by atoms with Gasteiger partial charge in [-0.15, -0.1) is 0 Å². The lowest BCUT2D eigenvalue weighted by Crippen LogP contribution is -2.44. The van der Waals surface area contributed by atoms with Crippen LogP contribution in [0.5, 0.6) is 0 Å². The summed E-state index contributed by atoms with van der Waals surface area (Å²) in [7, 11) is 0. The highest BCUT2D eigenvalue weighted by Gasteiger charge is 2.58. The summed E-state index contributed by atoms with van der Waals surface area (Å²) in [5, 5.41) is 2.86. The normalized spacial score (nSPS) is 28.9. The molecule has 0 radical (unpaired) electrons. The van der Waals surface area contributed by atoms with E-state index in [-0.39, 0.29) is 29.8 Å². The summed E-state index contributed by atoms with van der Waals surface area (Å²) in [4.78, 5) is 16.0. The van der Waals surface area contributed by atoms with Crippen LogP contribution in [-0.2, 0) is 17.5 Å². The van der Waals surface area contributed by atoms with Crippen molar-refractivity contribution >= 4 is 5.91 Å². The Hall–Kier alpha value is -2.48. The number of hydrogen-bond donors (Lipinski definition) is 1. The number of carbonyl (C=O) groups excluding carboxylic acids is 1. The van der Waals surface area contributed by atoms with Crippen LogP contribution in [-0.4, -0.2) is 29.9 Å². The molecule has 0 spiro atoms. The van der Waals surface area contributed by atoms with E-state index in [0.717, 1.165) is 63.7 Å². The van der Waals surface area contributed by atoms with E-state index in [1.54, 1.807) is 0 Å². The zero-order valence-electron chi connectivity index (χ0n) is 21.0. The predicted molar refractivity (Wildman–Crippen MR) is 131 cm³/mol. The molecule has 1 amide bonds. The molecule has 37 heavy (non-hydrogen) atoms. The van der Waals surface area contributed by atoms with Crippen molar-refractivity contribution in [2.24, 2.45) is 17.3 Å². The minimum absolute atomic E-state index is 0.108. The van der Waals surface area contributed by atoms with Gasteiger partial charge in [-0.2, -0.15) is 13.2 Å². The van der Waals surface area contributed by atoms with Gasteiger partial charge in [0.25, 0.3) is 0 Å². The summed E-state index contributed by atoms with van der Waals surface area (Å²) in [6.07, 6.45) is 0.721. The number of rotatable bonds is 6. The predicted octanol–water partition coefficient (Wildman–Crippen LogP) is 6.67. The van der Waals surface area contributed by atoms with Gasteiger partial charge in [0.2, 0.25) is 5.91 Å². The van der Waals surface area contributed by atoms with Gasteiger partial charge < -0.3 is 10.2 Å². The zero-order chi connectivity index (χ0) is 26.4. The van der Waals surface area contributed by atoms with Crippen molar-refractivity contribution < 1.29 is 26.7 Å². The standard InChI is InChI=1S/C29H33F5N2O/c1-18-12-26(18)28(27(37)35-17-19-13-22(29(32,33)34)15-24(31)14-19)9-6-25(16-28)36-10-7-21(8-11-36)20-2-4-23(30)5-3-20/h2-5,13-15,18,21,25-26H,6-12,16-17H2,1H3,(H,35,37). The topological polar surface area (TPSA) is 32.3 Å². The van der Waals surface area contributed by atoms with E-state index in [4.69, 9.17) is 0 Å². The fourth-order valence-corrected chi connectivity index (χ4v) is 6.77. The largest absolute Gasteiger partial charge is 0.416 e. The minimum Gasteiger partial charge on any atom is -0.352 e. The smallest absolute Gasteiger partial charge is 0.352 e. The SMILES string of the molecule is CC1CC1C1(C(=O)NCc2cc(F)cc(C(F)(F)F)c2)CCC(N2CCC(c3ccc(F)cc3)CC2)C1. The Morgan fingerprint density at radius 2 is 1.70 bits per heavy atom. The van der Waals surface area contributed by atoms with Gasteiger partial charge in [-0.3, -0.25) is 4.79 Å². The van der Waals surface area contributed by atoms with Gasteiger partial charge in [0, 0.05) is 12.6 Å². The monoisotopic (exact) mass is 520 g/mol. The number of carbonyl (C=O) groups is 1. The summed E-state index contributed by atoms with van der Waals surface area (Å²) in [5.74, 6) is -0.193. The number of nitrogens with one attached hydrogen (secondary N) is 1. The third-order valence-corrected chi connectivity index (χ3v) is 8.92. The molecule has 200 valence electrons. The number of piperidine rings is 1. The summed E-state index contributed by atoms with van der Waals surface area (Å²) in [6, 6.07) is 9.46. The minimum atomic E-state index is -4.64. The molecule has 0 bridgehead atoms. The Bertz CT molecular complexity index is 1130. The highest BCUT2D eigenvalue weighted by atomic mass is 19.4. The van der Waals surface area contributed by atoms with Crippen LogP contribution in [0.25, 0.3) is 0 Å². The number of benzene rings is 2. The summed E-state index contributed by atoms with van der Waals surface area (Å²) in [5.41, 5.74) is -0.304. The molecule has 3 nitrogen and oxygen atoms in total. The van der Waals surface area contributed by atoms with Crippen LogP contribution in [0.4, 0.5) is 22.0 Å². The van der Waals surface area contributed by atoms with Crippen molar-refractivity contribution in [3.8, 4) is 0 Å². The number of nitrogens with zero attached hydrogens (tertiary/aromatic N) is 1. The van der Waals surface area contributed by atoms with Crippen LogP contribution in [0.1, 0.15) is 68.1 Å². The van der Waals surface area contributed by atoms with Gasteiger partial charge in [0.1, 0.15) is 11.6 Å². The molecule has 2 aromatic carbocycles. The maximum absolute atomic E-state index is 13.8. The molecular weight excluding hydrogens is 487 g/mol. The quantitative estimate of drug-likeness (QED) is 0.432. The molecule has 4 unspecified atom stereocenters. The molecule has 2 aliphatic carbocycles. The van der Waals surface area contributed by atoms with Crippen LogP contribution >= 0.6 is 0 Å². The zero-order valence-corrected chi connectivity index (χ0v) is 21.0. The Morgan fingerprint density at radius 3 is 2.32 bits per heavy atom. The second kappa shape index (κ2) is 10.0. The van der Waals surface area contributed by atoms with Gasteiger partial charge in [-0.1, -0.05) is 19.1 Å². The van der Waals surface area contributed by atoms with Gasteiger partial charge in [-0.05, 0) is 111 Å². The van der Waals surface area contributed by atoms with E-state index in [1.807, 2.05) is 12.1 Å². The lowest BCUT2D eigenvalue weighted by molar-refractivity contribution is -0.137. The highest BCUT2D eigenvalue weighted by Crippen LogP contribution is 2.59. The Balaban J connectivity index is 1.23. The molecule has 2 aromatic rings. The average molecular weight is 521 g/mol. The number of halogens is 5. The van der Waals surface area contributed by atoms with Crippen LogP contribution in [0.3, 0.4) is 0 Å². The van der Waals surface area contributed by atoms with Gasteiger partial charge in [0.05, 0.1) is 11.0 Å². The van der Waals surface area contributed by atoms with E-state index in [1.165, 1.54) is 17.7 Å². The van der Waals surface area contributed by atoms with Crippen molar-refractivity contribution in [1.29, 1.82) is 0 Å². The Labute approximate surface area is 214 Å². The summed E-state index contributed by atoms with van der Waals surface area (Å²) < 4.78 is 66.4. The maximum atomic E-state index is 13.8. The molecule has 3 fully saturated rings. The number of hydrogen-bond acceptors (Lipinski definition) is 2. The molecule has 3 aliphatic rings. The van der Waals surface area contributed by atoms with Crippen LogP contribution in [0, 0.1) is 28.9 Å². The molecule has 8 heteroatoms. The van der Waals surface area contributed by atoms with Crippen molar-refractivity contribution in [3.05, 3.63) is 70.8 Å². The van der Waals surface area contributed by atoms with E-state index < -0.39 is 23.0 Å². The van der Waals surface area contributed by atoms with E-state index in [0.29, 0.717) is 23.9 Å². The van der Waals surface area contributed by atoms with Crippen molar-refractivity contribution in [2.45, 2.75) is 70.1 Å². The van der Waals surface area contributed by atoms with Gasteiger partial charge in [-0.25, -0.2) is 8.78 Å². The summed E-state index contributed by atoms with van der Waals surface area (Å²) >= 11 is 0. The Kier molecular flexibility index (Phi) is 7.07. The van der Waals surface area contributed by atoms with Crippen LogP contribution in [0.15, 0.2) is 42.5 Å². The molecule has 1 heterocycles. The molecule has 1 N–H and O–H groups in total. The molecule has 4 atom stereocenters. The molecule has 1 saturated heterocycles. The summed E-state index contributed by atoms with van der Waals surface area (Å²) in [6.45, 7) is 3.86. The third kappa shape index (κ3) is 5.54. The first-order chi connectivity index (χ1) is 17.5. The van der Waals surface area contributed by atoms with Crippen molar-refractivity contribution in [2.75, 3.05) is 13.1 Å². The molecule has 0 aromatic heterocycles. The van der Waals surface area contributed by atoms with Crippen LogP contribution < -0.4 is 5.32 Å². The molecule has 5 rings (SSSR count). The second-order valence-corrected chi connectivity index (χ2v) is 11.3.